The molecule has 2 aromatic carbocycles. The third-order valence-electron chi connectivity index (χ3n) is 2.62. The highest BCUT2D eigenvalue weighted by Crippen LogP contribution is 2.23. The van der Waals surface area contributed by atoms with Gasteiger partial charge in [0.1, 0.15) is 17.1 Å². The van der Waals surface area contributed by atoms with Crippen molar-refractivity contribution in [2.24, 2.45) is 0 Å². The highest BCUT2D eigenvalue weighted by atomic mass is 32.2. The Morgan fingerprint density at radius 3 is 2.76 bits per heavy atom. The predicted molar refractivity (Wildman–Crippen MR) is 80.4 cm³/mol. The zero-order valence-electron chi connectivity index (χ0n) is 11.1. The molecule has 0 fully saturated rings. The third kappa shape index (κ3) is 4.39. The Kier molecular flexibility index (Phi) is 5.05. The van der Waals surface area contributed by atoms with E-state index < -0.39 is 5.97 Å². The van der Waals surface area contributed by atoms with Gasteiger partial charge in [0, 0.05) is 16.3 Å². The van der Waals surface area contributed by atoms with Gasteiger partial charge in [0.25, 0.3) is 0 Å². The van der Waals surface area contributed by atoms with E-state index in [0.717, 1.165) is 0 Å². The Hall–Kier alpha value is -2.21. The molecular weight excluding hydrogens is 293 g/mol. The number of para-hydroxylation sites is 1. The van der Waals surface area contributed by atoms with Gasteiger partial charge < -0.3 is 15.6 Å². The highest BCUT2D eigenvalue weighted by molar-refractivity contribution is 7.99. The smallest absolute Gasteiger partial charge is 0.339 e. The van der Waals surface area contributed by atoms with Crippen LogP contribution in [-0.2, 0) is 0 Å². The fourth-order valence-electron chi connectivity index (χ4n) is 1.75. The van der Waals surface area contributed by atoms with Gasteiger partial charge in [-0.25, -0.2) is 9.18 Å². The number of carbonyl (C=O) groups is 1. The summed E-state index contributed by atoms with van der Waals surface area (Å²) in [5.41, 5.74) is 6.05. The molecule has 3 N–H and O–H groups in total. The van der Waals surface area contributed by atoms with Crippen molar-refractivity contribution in [3.05, 3.63) is 53.8 Å². The molecule has 0 saturated carbocycles. The van der Waals surface area contributed by atoms with E-state index in [1.165, 1.54) is 30.0 Å². The first kappa shape index (κ1) is 15.2. The Bertz CT molecular complexity index is 628. The van der Waals surface area contributed by atoms with Crippen molar-refractivity contribution in [1.82, 2.24) is 0 Å². The van der Waals surface area contributed by atoms with E-state index in [1.807, 2.05) is 0 Å². The van der Waals surface area contributed by atoms with Gasteiger partial charge in [-0.1, -0.05) is 12.1 Å². The lowest BCUT2D eigenvalue weighted by molar-refractivity contribution is 0.0692. The van der Waals surface area contributed by atoms with Crippen LogP contribution < -0.4 is 10.5 Å². The van der Waals surface area contributed by atoms with Crippen molar-refractivity contribution < 1.29 is 19.0 Å². The summed E-state index contributed by atoms with van der Waals surface area (Å²) in [4.78, 5) is 11.7. The topological polar surface area (TPSA) is 72.5 Å². The number of carboxylic acid groups (broad SMARTS) is 1. The summed E-state index contributed by atoms with van der Waals surface area (Å²) < 4.78 is 18.6. The van der Waals surface area contributed by atoms with Gasteiger partial charge in [0.2, 0.25) is 0 Å². The molecule has 0 aliphatic rings. The van der Waals surface area contributed by atoms with Crippen LogP contribution in [0.15, 0.2) is 47.4 Å². The molecule has 2 rings (SSSR count). The third-order valence-corrected chi connectivity index (χ3v) is 3.56. The Morgan fingerprint density at radius 1 is 1.29 bits per heavy atom. The van der Waals surface area contributed by atoms with Crippen LogP contribution in [0.5, 0.6) is 5.75 Å². The van der Waals surface area contributed by atoms with Gasteiger partial charge in [-0.15, -0.1) is 11.8 Å². The molecule has 0 spiro atoms. The largest absolute Gasteiger partial charge is 0.492 e. The first-order valence-electron chi connectivity index (χ1n) is 6.20. The Labute approximate surface area is 125 Å². The zero-order chi connectivity index (χ0) is 15.2. The number of rotatable bonds is 6. The molecule has 0 amide bonds. The van der Waals surface area contributed by atoms with Gasteiger partial charge in [-0.05, 0) is 30.3 Å². The van der Waals surface area contributed by atoms with E-state index in [2.05, 4.69) is 0 Å². The summed E-state index contributed by atoms with van der Waals surface area (Å²) >= 11 is 1.39. The summed E-state index contributed by atoms with van der Waals surface area (Å²) in [7, 11) is 0. The van der Waals surface area contributed by atoms with Gasteiger partial charge >= 0.3 is 5.97 Å². The molecule has 110 valence electrons. The molecule has 6 heteroatoms. The van der Waals surface area contributed by atoms with Crippen LogP contribution in [0.2, 0.25) is 0 Å². The average molecular weight is 307 g/mol. The van der Waals surface area contributed by atoms with Crippen LogP contribution in [0.4, 0.5) is 10.1 Å². The van der Waals surface area contributed by atoms with Crippen molar-refractivity contribution in [2.75, 3.05) is 18.1 Å². The molecule has 0 saturated heterocycles. The number of aromatic carboxylic acids is 1. The first-order valence-corrected chi connectivity index (χ1v) is 7.19. The Balaban J connectivity index is 1.89. The summed E-state index contributed by atoms with van der Waals surface area (Å²) in [5, 5.41) is 9.02. The van der Waals surface area contributed by atoms with Crippen molar-refractivity contribution in [3.63, 3.8) is 0 Å². The van der Waals surface area contributed by atoms with Crippen molar-refractivity contribution in [1.29, 1.82) is 0 Å². The second kappa shape index (κ2) is 6.99. The number of nitrogen functional groups attached to an aromatic ring is 1. The van der Waals surface area contributed by atoms with Gasteiger partial charge in [-0.3, -0.25) is 0 Å². The summed E-state index contributed by atoms with van der Waals surface area (Å²) in [6, 6.07) is 10.8. The van der Waals surface area contributed by atoms with Crippen molar-refractivity contribution in [2.45, 2.75) is 4.90 Å². The number of nitrogens with two attached hydrogens (primary N) is 1. The summed E-state index contributed by atoms with van der Waals surface area (Å²) in [6.07, 6.45) is 0. The van der Waals surface area contributed by atoms with Crippen LogP contribution >= 0.6 is 11.8 Å². The number of ether oxygens (including phenoxy) is 1. The van der Waals surface area contributed by atoms with Gasteiger partial charge in [0.15, 0.2) is 0 Å². The van der Waals surface area contributed by atoms with Crippen LogP contribution in [0.3, 0.4) is 0 Å². The summed E-state index contributed by atoms with van der Waals surface area (Å²) in [6.45, 7) is 0.311. The molecule has 0 aliphatic carbocycles. The molecule has 0 heterocycles. The number of anilines is 1. The maximum absolute atomic E-state index is 13.2. The van der Waals surface area contributed by atoms with E-state index in [-0.39, 0.29) is 11.4 Å². The molecule has 0 aliphatic heterocycles. The fourth-order valence-corrected chi connectivity index (χ4v) is 2.57. The molecule has 21 heavy (non-hydrogen) atoms. The molecule has 4 nitrogen and oxygen atoms in total. The lowest BCUT2D eigenvalue weighted by atomic mass is 10.2. The lowest BCUT2D eigenvalue weighted by Crippen LogP contribution is -2.05. The van der Waals surface area contributed by atoms with Gasteiger partial charge in [-0.2, -0.15) is 0 Å². The normalized spacial score (nSPS) is 10.3. The minimum absolute atomic E-state index is 0.123. The maximum atomic E-state index is 13.2. The number of carboxylic acids is 1. The second-order valence-corrected chi connectivity index (χ2v) is 5.39. The monoisotopic (exact) mass is 307 g/mol. The Morgan fingerprint density at radius 2 is 2.05 bits per heavy atom. The molecule has 0 bridgehead atoms. The first-order chi connectivity index (χ1) is 10.1. The molecule has 0 atom stereocenters. The molecule has 0 unspecified atom stereocenters. The molecule has 0 radical (unpaired) electrons. The summed E-state index contributed by atoms with van der Waals surface area (Å²) in [5.74, 6) is -0.535. The van der Waals surface area contributed by atoms with Crippen LogP contribution in [0.25, 0.3) is 0 Å². The predicted octanol–water partition coefficient (Wildman–Crippen LogP) is 3.28. The quantitative estimate of drug-likeness (QED) is 0.487. The maximum Gasteiger partial charge on any atom is 0.339 e. The number of halogens is 1. The van der Waals surface area contributed by atoms with Crippen LogP contribution in [-0.4, -0.2) is 23.4 Å². The van der Waals surface area contributed by atoms with Crippen LogP contribution in [0, 0.1) is 5.82 Å². The number of hydrogen-bond acceptors (Lipinski definition) is 4. The van der Waals surface area contributed by atoms with Gasteiger partial charge in [0.05, 0.1) is 6.61 Å². The average Bonchev–Trinajstić information content (AvgIpc) is 2.43. The standard InChI is InChI=1S/C15H14FNO3S/c16-10-7-11(17)9-12(8-10)21-6-5-20-14-4-2-1-3-13(14)15(18)19/h1-4,7-9H,5-6,17H2,(H,18,19). The molecule has 0 aromatic heterocycles. The molecule has 2 aromatic rings. The van der Waals surface area contributed by atoms with E-state index >= 15 is 0 Å². The highest BCUT2D eigenvalue weighted by Gasteiger charge is 2.09. The van der Waals surface area contributed by atoms with E-state index in [4.69, 9.17) is 15.6 Å². The van der Waals surface area contributed by atoms with Crippen molar-refractivity contribution in [3.8, 4) is 5.75 Å². The molecular formula is C15H14FNO3S. The lowest BCUT2D eigenvalue weighted by Gasteiger charge is -2.09. The number of thioether (sulfide) groups is 1. The fraction of sp³-hybridized carbons (Fsp3) is 0.133. The number of benzene rings is 2. The second-order valence-electron chi connectivity index (χ2n) is 4.22. The minimum atomic E-state index is -1.03. The van der Waals surface area contributed by atoms with E-state index in [1.54, 1.807) is 24.3 Å². The van der Waals surface area contributed by atoms with E-state index in [9.17, 15) is 9.18 Å². The minimum Gasteiger partial charge on any atom is -0.492 e. The van der Waals surface area contributed by atoms with E-state index in [0.29, 0.717) is 28.7 Å². The van der Waals surface area contributed by atoms with Crippen molar-refractivity contribution >= 4 is 23.4 Å². The SMILES string of the molecule is Nc1cc(F)cc(SCCOc2ccccc2C(=O)O)c1. The number of hydrogen-bond donors (Lipinski definition) is 2. The zero-order valence-corrected chi connectivity index (χ0v) is 11.9. The van der Waals surface area contributed by atoms with Crippen LogP contribution in [0.1, 0.15) is 10.4 Å².